The first-order valence-corrected chi connectivity index (χ1v) is 4.76. The van der Waals surface area contributed by atoms with Crippen molar-refractivity contribution in [3.63, 3.8) is 0 Å². The maximum Gasteiger partial charge on any atom is 0.252 e. The molecule has 2 aliphatic heterocycles. The normalized spacial score (nSPS) is 30.6. The summed E-state index contributed by atoms with van der Waals surface area (Å²) in [6, 6.07) is 0. The second kappa shape index (κ2) is 3.46. The Hall–Kier alpha value is -0.900. The molecular weight excluding hydrogens is 168 g/mol. The topological polar surface area (TPSA) is 60.3 Å². The predicted molar refractivity (Wildman–Crippen MR) is 45.8 cm³/mol. The molecule has 0 bridgehead atoms. The van der Waals surface area contributed by atoms with Crippen molar-refractivity contribution in [3.05, 3.63) is 0 Å². The fraction of sp³-hybridized carbons (Fsp3) is 0.778. The highest BCUT2D eigenvalue weighted by Crippen LogP contribution is 2.28. The van der Waals surface area contributed by atoms with E-state index in [4.69, 9.17) is 0 Å². The molecule has 2 fully saturated rings. The summed E-state index contributed by atoms with van der Waals surface area (Å²) in [4.78, 5) is 22.2. The van der Waals surface area contributed by atoms with Gasteiger partial charge in [-0.05, 0) is 31.8 Å². The first-order valence-electron chi connectivity index (χ1n) is 4.76. The molecule has 0 aliphatic carbocycles. The first-order chi connectivity index (χ1) is 6.27. The van der Waals surface area contributed by atoms with E-state index < -0.39 is 0 Å². The molecule has 2 rings (SSSR count). The number of carbonyl (C=O) groups is 2. The summed E-state index contributed by atoms with van der Waals surface area (Å²) < 4.78 is 0. The third-order valence-electron chi connectivity index (χ3n) is 2.90. The van der Waals surface area contributed by atoms with Gasteiger partial charge in [0.15, 0.2) is 0 Å². The second-order valence-corrected chi connectivity index (χ2v) is 3.74. The smallest absolute Gasteiger partial charge is 0.252 e. The Morgan fingerprint density at radius 1 is 1.23 bits per heavy atom. The minimum absolute atomic E-state index is 0.102. The highest BCUT2D eigenvalue weighted by Gasteiger charge is 2.38. The molecule has 0 spiro atoms. The van der Waals surface area contributed by atoms with Crippen LogP contribution in [0.3, 0.4) is 0 Å². The predicted octanol–water partition coefficient (Wildman–Crippen LogP) is -0.337. The van der Waals surface area contributed by atoms with Crippen molar-refractivity contribution in [2.75, 3.05) is 13.1 Å². The van der Waals surface area contributed by atoms with E-state index in [2.05, 4.69) is 10.6 Å². The molecule has 2 saturated heterocycles. The molecule has 2 aliphatic rings. The van der Waals surface area contributed by atoms with Crippen molar-refractivity contribution >= 4 is 11.8 Å². The van der Waals surface area contributed by atoms with Crippen LogP contribution in [0.5, 0.6) is 0 Å². The molecule has 0 aromatic rings. The van der Waals surface area contributed by atoms with Crippen LogP contribution in [0, 0.1) is 11.8 Å². The van der Waals surface area contributed by atoms with E-state index in [1.165, 1.54) is 0 Å². The second-order valence-electron chi connectivity index (χ2n) is 3.74. The summed E-state index contributed by atoms with van der Waals surface area (Å²) in [6.07, 6.45) is 2.35. The number of nitrogens with one attached hydrogen (secondary N) is 1. The highest BCUT2D eigenvalue weighted by atomic mass is 16.2. The Morgan fingerprint density at radius 2 is 1.92 bits per heavy atom. The minimum atomic E-state index is -0.228. The van der Waals surface area contributed by atoms with Crippen LogP contribution < -0.4 is 10.6 Å². The van der Waals surface area contributed by atoms with Crippen LogP contribution in [0.15, 0.2) is 0 Å². The lowest BCUT2D eigenvalue weighted by Gasteiger charge is -2.25. The Bertz CT molecular complexity index is 234. The summed E-state index contributed by atoms with van der Waals surface area (Å²) in [5, 5.41) is 6.68. The van der Waals surface area contributed by atoms with Crippen LogP contribution >= 0.6 is 0 Å². The number of imide groups is 1. The zero-order chi connectivity index (χ0) is 9.26. The van der Waals surface area contributed by atoms with Gasteiger partial charge in [-0.25, -0.2) is 0 Å². The van der Waals surface area contributed by atoms with Crippen LogP contribution in [0.2, 0.25) is 0 Å². The van der Waals surface area contributed by atoms with Crippen LogP contribution in [-0.2, 0) is 9.59 Å². The number of hydrogen-bond donors (Lipinski definition) is 1. The number of carbonyl (C=O) groups excluding carboxylic acids is 2. The van der Waals surface area contributed by atoms with Crippen LogP contribution in [0.1, 0.15) is 19.3 Å². The maximum atomic E-state index is 11.3. The molecule has 1 atom stereocenters. The van der Waals surface area contributed by atoms with Crippen LogP contribution in [-0.4, -0.2) is 24.9 Å². The maximum absolute atomic E-state index is 11.3. The van der Waals surface area contributed by atoms with Crippen molar-refractivity contribution in [2.24, 2.45) is 11.8 Å². The van der Waals surface area contributed by atoms with Gasteiger partial charge in [-0.15, -0.1) is 0 Å². The molecule has 71 valence electrons. The molecular formula is C9H13N2O2. The van der Waals surface area contributed by atoms with Crippen molar-refractivity contribution < 1.29 is 9.59 Å². The molecule has 1 N–H and O–H groups in total. The third-order valence-corrected chi connectivity index (χ3v) is 2.90. The SMILES string of the molecule is O=C1CC(C2CCNCC2)C(=O)[N]1. The molecule has 0 aromatic heterocycles. The van der Waals surface area contributed by atoms with E-state index in [1.54, 1.807) is 0 Å². The minimum Gasteiger partial charge on any atom is -0.317 e. The number of hydrogen-bond acceptors (Lipinski definition) is 3. The fourth-order valence-corrected chi connectivity index (χ4v) is 2.14. The number of amides is 2. The molecule has 1 radical (unpaired) electrons. The largest absolute Gasteiger partial charge is 0.317 e. The van der Waals surface area contributed by atoms with Gasteiger partial charge in [0, 0.05) is 6.42 Å². The molecule has 0 saturated carbocycles. The summed E-state index contributed by atoms with van der Waals surface area (Å²) >= 11 is 0. The van der Waals surface area contributed by atoms with E-state index in [9.17, 15) is 9.59 Å². The monoisotopic (exact) mass is 181 g/mol. The average Bonchev–Trinajstić information content (AvgIpc) is 2.47. The van der Waals surface area contributed by atoms with E-state index in [0.717, 1.165) is 25.9 Å². The Balaban J connectivity index is 1.99. The lowest BCUT2D eigenvalue weighted by Crippen LogP contribution is -2.33. The Kier molecular flexibility index (Phi) is 2.31. The lowest BCUT2D eigenvalue weighted by molar-refractivity contribution is -0.126. The lowest BCUT2D eigenvalue weighted by atomic mass is 9.84. The van der Waals surface area contributed by atoms with Crippen molar-refractivity contribution in [1.29, 1.82) is 0 Å². The van der Waals surface area contributed by atoms with Crippen molar-refractivity contribution in [1.82, 2.24) is 10.6 Å². The van der Waals surface area contributed by atoms with E-state index in [-0.39, 0.29) is 17.7 Å². The molecule has 0 aromatic carbocycles. The van der Waals surface area contributed by atoms with Crippen LogP contribution in [0.4, 0.5) is 0 Å². The summed E-state index contributed by atoms with van der Waals surface area (Å²) in [5.74, 6) is -0.135. The van der Waals surface area contributed by atoms with Gasteiger partial charge < -0.3 is 5.32 Å². The number of piperidine rings is 1. The van der Waals surface area contributed by atoms with Gasteiger partial charge in [-0.3, -0.25) is 9.59 Å². The number of nitrogens with zero attached hydrogens (tertiary/aromatic N) is 1. The summed E-state index contributed by atoms with van der Waals surface area (Å²) in [6.45, 7) is 1.92. The van der Waals surface area contributed by atoms with Gasteiger partial charge in [0.25, 0.3) is 5.91 Å². The van der Waals surface area contributed by atoms with Crippen molar-refractivity contribution in [2.45, 2.75) is 19.3 Å². The zero-order valence-electron chi connectivity index (χ0n) is 7.45. The molecule has 4 nitrogen and oxygen atoms in total. The average molecular weight is 181 g/mol. The van der Waals surface area contributed by atoms with Gasteiger partial charge in [0.05, 0.1) is 5.92 Å². The molecule has 13 heavy (non-hydrogen) atoms. The molecule has 2 heterocycles. The first kappa shape index (κ1) is 8.69. The van der Waals surface area contributed by atoms with Gasteiger partial charge in [-0.1, -0.05) is 0 Å². The summed E-state index contributed by atoms with van der Waals surface area (Å²) in [7, 11) is 0. The quantitative estimate of drug-likeness (QED) is 0.563. The van der Waals surface area contributed by atoms with Gasteiger partial charge in [0.2, 0.25) is 5.91 Å². The third kappa shape index (κ3) is 1.72. The van der Waals surface area contributed by atoms with E-state index in [0.29, 0.717) is 12.3 Å². The van der Waals surface area contributed by atoms with Gasteiger partial charge in [-0.2, -0.15) is 5.32 Å². The van der Waals surface area contributed by atoms with E-state index >= 15 is 0 Å². The van der Waals surface area contributed by atoms with E-state index in [1.807, 2.05) is 0 Å². The Labute approximate surface area is 77.1 Å². The fourth-order valence-electron chi connectivity index (χ4n) is 2.14. The molecule has 2 amide bonds. The zero-order valence-corrected chi connectivity index (χ0v) is 7.45. The standard InChI is InChI=1S/C9H13N2O2/c12-8-5-7(9(13)11-8)6-1-3-10-4-2-6/h6-7,10H,1-5H2. The van der Waals surface area contributed by atoms with Crippen LogP contribution in [0.25, 0.3) is 0 Å². The van der Waals surface area contributed by atoms with Gasteiger partial charge in [0.1, 0.15) is 0 Å². The van der Waals surface area contributed by atoms with Crippen molar-refractivity contribution in [3.8, 4) is 0 Å². The Morgan fingerprint density at radius 3 is 2.46 bits per heavy atom. The molecule has 4 heteroatoms. The molecule has 1 unspecified atom stereocenters. The number of rotatable bonds is 1. The van der Waals surface area contributed by atoms with Gasteiger partial charge >= 0.3 is 0 Å². The highest BCUT2D eigenvalue weighted by molar-refractivity contribution is 6.03. The summed E-state index contributed by atoms with van der Waals surface area (Å²) in [5.41, 5.74) is 0.